The minimum atomic E-state index is -0.553. The molecule has 0 bridgehead atoms. The molecule has 0 radical (unpaired) electrons. The molecule has 7 heteroatoms. The second kappa shape index (κ2) is 9.35. The molecule has 1 heterocycles. The van der Waals surface area contributed by atoms with Gasteiger partial charge in [0, 0.05) is 13.1 Å². The van der Waals surface area contributed by atoms with Crippen molar-refractivity contribution in [1.82, 2.24) is 15.1 Å². The zero-order valence-corrected chi connectivity index (χ0v) is 17.1. The van der Waals surface area contributed by atoms with Crippen molar-refractivity contribution in [3.05, 3.63) is 71.3 Å². The molecule has 0 saturated carbocycles. The van der Waals surface area contributed by atoms with E-state index in [1.165, 1.54) is 5.56 Å². The number of nitrogens with one attached hydrogen (secondary N) is 1. The minimum absolute atomic E-state index is 0.00541. The third-order valence-corrected chi connectivity index (χ3v) is 5.36. The quantitative estimate of drug-likeness (QED) is 0.677. The Bertz CT molecular complexity index is 923. The smallest absolute Gasteiger partial charge is 0.262 e. The first-order chi connectivity index (χ1) is 14.4. The van der Waals surface area contributed by atoms with Crippen molar-refractivity contribution in [2.45, 2.75) is 25.8 Å². The van der Waals surface area contributed by atoms with Crippen molar-refractivity contribution in [3.8, 4) is 0 Å². The van der Waals surface area contributed by atoms with Gasteiger partial charge in [-0.2, -0.15) is 0 Å². The number of aryl methyl sites for hydroxylation is 1. The lowest BCUT2D eigenvalue weighted by Crippen LogP contribution is -2.45. The molecule has 1 aliphatic heterocycles. The summed E-state index contributed by atoms with van der Waals surface area (Å²) in [5.74, 6) is -1.78. The van der Waals surface area contributed by atoms with Gasteiger partial charge in [-0.3, -0.25) is 24.1 Å². The number of nitrogens with zero attached hydrogens (tertiary/aromatic N) is 2. The van der Waals surface area contributed by atoms with Crippen LogP contribution in [0.25, 0.3) is 0 Å². The van der Waals surface area contributed by atoms with Gasteiger partial charge in [0.05, 0.1) is 17.7 Å². The molecule has 2 aromatic carbocycles. The Morgan fingerprint density at radius 1 is 0.967 bits per heavy atom. The summed E-state index contributed by atoms with van der Waals surface area (Å²) < 4.78 is 0. The van der Waals surface area contributed by atoms with Crippen molar-refractivity contribution in [2.75, 3.05) is 20.1 Å². The van der Waals surface area contributed by atoms with Crippen LogP contribution in [0.1, 0.15) is 39.6 Å². The van der Waals surface area contributed by atoms with Gasteiger partial charge in [0.1, 0.15) is 6.54 Å². The second-order valence-corrected chi connectivity index (χ2v) is 7.40. The summed E-state index contributed by atoms with van der Waals surface area (Å²) in [7, 11) is 1.70. The van der Waals surface area contributed by atoms with Gasteiger partial charge in [-0.05, 0) is 37.5 Å². The van der Waals surface area contributed by atoms with Crippen LogP contribution in [0.3, 0.4) is 0 Å². The fourth-order valence-corrected chi connectivity index (χ4v) is 3.34. The molecule has 4 amide bonds. The molecule has 2 aromatic rings. The van der Waals surface area contributed by atoms with Crippen LogP contribution in [0.15, 0.2) is 54.6 Å². The highest BCUT2D eigenvalue weighted by molar-refractivity contribution is 6.22. The topological polar surface area (TPSA) is 86.8 Å². The van der Waals surface area contributed by atoms with Gasteiger partial charge in [0.2, 0.25) is 11.8 Å². The van der Waals surface area contributed by atoms with Crippen molar-refractivity contribution in [2.24, 2.45) is 0 Å². The van der Waals surface area contributed by atoms with Gasteiger partial charge in [0.25, 0.3) is 11.8 Å². The summed E-state index contributed by atoms with van der Waals surface area (Å²) in [6, 6.07) is 16.5. The number of hydrogen-bond donors (Lipinski definition) is 1. The summed E-state index contributed by atoms with van der Waals surface area (Å²) in [4.78, 5) is 51.8. The number of amides is 4. The van der Waals surface area contributed by atoms with Crippen molar-refractivity contribution in [3.63, 3.8) is 0 Å². The van der Waals surface area contributed by atoms with E-state index < -0.39 is 24.3 Å². The molecule has 0 spiro atoms. The number of rotatable bonds is 8. The molecule has 0 aromatic heterocycles. The molecule has 0 saturated heterocycles. The molecule has 0 fully saturated rings. The van der Waals surface area contributed by atoms with Gasteiger partial charge in [-0.15, -0.1) is 0 Å². The van der Waals surface area contributed by atoms with Gasteiger partial charge in [-0.1, -0.05) is 42.5 Å². The van der Waals surface area contributed by atoms with Crippen LogP contribution >= 0.6 is 0 Å². The first-order valence-corrected chi connectivity index (χ1v) is 9.90. The normalized spacial score (nSPS) is 13.7. The van der Waals surface area contributed by atoms with E-state index in [1.807, 2.05) is 37.3 Å². The van der Waals surface area contributed by atoms with Gasteiger partial charge < -0.3 is 10.2 Å². The molecule has 1 aliphatic rings. The molecule has 0 unspecified atom stereocenters. The second-order valence-electron chi connectivity index (χ2n) is 7.40. The number of fused-ring (bicyclic) bond motifs is 1. The molecular weight excluding hydrogens is 382 g/mol. The summed E-state index contributed by atoms with van der Waals surface area (Å²) in [5, 5.41) is 2.51. The fourth-order valence-electron chi connectivity index (χ4n) is 3.34. The lowest BCUT2D eigenvalue weighted by molar-refractivity contribution is -0.133. The van der Waals surface area contributed by atoms with Crippen LogP contribution in [-0.2, 0) is 16.0 Å². The zero-order chi connectivity index (χ0) is 21.7. The van der Waals surface area contributed by atoms with E-state index in [-0.39, 0.29) is 18.5 Å². The number of benzene rings is 2. The Morgan fingerprint density at radius 3 is 2.13 bits per heavy atom. The van der Waals surface area contributed by atoms with Crippen molar-refractivity contribution in [1.29, 1.82) is 0 Å². The number of imide groups is 1. The molecule has 30 heavy (non-hydrogen) atoms. The number of carbonyl (C=O) groups excluding carboxylic acids is 4. The summed E-state index contributed by atoms with van der Waals surface area (Å²) in [5.41, 5.74) is 1.79. The van der Waals surface area contributed by atoms with E-state index in [1.54, 1.807) is 36.2 Å². The lowest BCUT2D eigenvalue weighted by Gasteiger charge is -2.25. The maximum absolute atomic E-state index is 12.4. The highest BCUT2D eigenvalue weighted by Gasteiger charge is 2.36. The standard InChI is InChI=1S/C23H25N3O4/c1-16(12-13-17-8-4-3-5-9-17)25(2)21(28)14-24-20(27)15-26-22(29)18-10-6-7-11-19(18)23(26)30/h3-11,16H,12-15H2,1-2H3,(H,24,27)/t16-/m1/s1. The maximum atomic E-state index is 12.4. The zero-order valence-electron chi connectivity index (χ0n) is 17.1. The monoisotopic (exact) mass is 407 g/mol. The van der Waals surface area contributed by atoms with Gasteiger partial charge in [-0.25, -0.2) is 0 Å². The lowest BCUT2D eigenvalue weighted by atomic mass is 10.1. The minimum Gasteiger partial charge on any atom is -0.345 e. The number of likely N-dealkylation sites (N-methyl/N-ethyl adjacent to an activating group) is 1. The van der Waals surface area contributed by atoms with E-state index >= 15 is 0 Å². The average molecular weight is 407 g/mol. The van der Waals surface area contributed by atoms with Crippen LogP contribution in [0, 0.1) is 0 Å². The first kappa shape index (κ1) is 21.2. The largest absolute Gasteiger partial charge is 0.345 e. The Morgan fingerprint density at radius 2 is 1.53 bits per heavy atom. The number of hydrogen-bond acceptors (Lipinski definition) is 4. The third kappa shape index (κ3) is 4.74. The predicted molar refractivity (Wildman–Crippen MR) is 112 cm³/mol. The summed E-state index contributed by atoms with van der Waals surface area (Å²) >= 11 is 0. The van der Waals surface area contributed by atoms with E-state index in [9.17, 15) is 19.2 Å². The first-order valence-electron chi connectivity index (χ1n) is 9.90. The Kier molecular flexibility index (Phi) is 6.61. The van der Waals surface area contributed by atoms with E-state index in [2.05, 4.69) is 5.32 Å². The Hall–Kier alpha value is -3.48. The van der Waals surface area contributed by atoms with Crippen LogP contribution in [0.5, 0.6) is 0 Å². The highest BCUT2D eigenvalue weighted by atomic mass is 16.2. The van der Waals surface area contributed by atoms with Crippen molar-refractivity contribution >= 4 is 23.6 Å². The van der Waals surface area contributed by atoms with Crippen molar-refractivity contribution < 1.29 is 19.2 Å². The van der Waals surface area contributed by atoms with Gasteiger partial charge in [0.15, 0.2) is 0 Å². The maximum Gasteiger partial charge on any atom is 0.262 e. The fraction of sp³-hybridized carbons (Fsp3) is 0.304. The SMILES string of the molecule is C[C@H](CCc1ccccc1)N(C)C(=O)CNC(=O)CN1C(=O)c2ccccc2C1=O. The molecule has 7 nitrogen and oxygen atoms in total. The molecule has 3 rings (SSSR count). The molecular formula is C23H25N3O4. The molecule has 156 valence electrons. The summed E-state index contributed by atoms with van der Waals surface area (Å²) in [6.07, 6.45) is 1.65. The van der Waals surface area contributed by atoms with Gasteiger partial charge >= 0.3 is 0 Å². The van der Waals surface area contributed by atoms with Crippen LogP contribution in [0.4, 0.5) is 0 Å². The summed E-state index contributed by atoms with van der Waals surface area (Å²) in [6.45, 7) is 1.36. The third-order valence-electron chi connectivity index (χ3n) is 5.36. The van der Waals surface area contributed by atoms with E-state index in [0.29, 0.717) is 11.1 Å². The van der Waals surface area contributed by atoms with E-state index in [0.717, 1.165) is 17.7 Å². The Labute approximate surface area is 175 Å². The highest BCUT2D eigenvalue weighted by Crippen LogP contribution is 2.21. The average Bonchev–Trinajstić information content (AvgIpc) is 3.01. The molecule has 1 N–H and O–H groups in total. The molecule has 0 aliphatic carbocycles. The Balaban J connectivity index is 1.45. The van der Waals surface area contributed by atoms with Crippen LogP contribution < -0.4 is 5.32 Å². The van der Waals surface area contributed by atoms with E-state index in [4.69, 9.17) is 0 Å². The predicted octanol–water partition coefficient (Wildman–Crippen LogP) is 1.88. The number of carbonyl (C=O) groups is 4. The van der Waals surface area contributed by atoms with Crippen LogP contribution in [0.2, 0.25) is 0 Å². The van der Waals surface area contributed by atoms with Crippen LogP contribution in [-0.4, -0.2) is 59.6 Å². The molecule has 1 atom stereocenters.